The van der Waals surface area contributed by atoms with Crippen LogP contribution in [0, 0.1) is 17.7 Å². The van der Waals surface area contributed by atoms with Gasteiger partial charge in [-0.1, -0.05) is 11.8 Å². The quantitative estimate of drug-likeness (QED) is 0.826. The lowest BCUT2D eigenvalue weighted by Gasteiger charge is -2.11. The highest BCUT2D eigenvalue weighted by Gasteiger charge is 2.18. The number of rotatable bonds is 4. The summed E-state index contributed by atoms with van der Waals surface area (Å²) in [6.45, 7) is 1.08. The van der Waals surface area contributed by atoms with E-state index in [0.717, 1.165) is 12.8 Å². The molecule has 5 heteroatoms. The molecule has 112 valence electrons. The Hall–Kier alpha value is -1.90. The molecule has 0 aliphatic carbocycles. The monoisotopic (exact) mass is 291 g/mol. The molecule has 0 bridgehead atoms. The molecule has 2 rings (SSSR count). The van der Waals surface area contributed by atoms with Gasteiger partial charge in [-0.3, -0.25) is 4.79 Å². The Morgan fingerprint density at radius 1 is 1.52 bits per heavy atom. The zero-order valence-corrected chi connectivity index (χ0v) is 11.7. The molecule has 1 fully saturated rings. The first kappa shape index (κ1) is 15.5. The Bertz CT molecular complexity index is 556. The number of aliphatic hydroxyl groups excluding tert-OH is 1. The van der Waals surface area contributed by atoms with Crippen molar-refractivity contribution in [1.82, 2.24) is 5.32 Å². The van der Waals surface area contributed by atoms with Gasteiger partial charge >= 0.3 is 0 Å². The fourth-order valence-electron chi connectivity index (χ4n) is 2.10. The minimum atomic E-state index is -0.576. The number of ether oxygens (including phenoxy) is 1. The van der Waals surface area contributed by atoms with Gasteiger partial charge in [0.1, 0.15) is 5.82 Å². The molecule has 0 saturated carbocycles. The number of hydrogen-bond donors (Lipinski definition) is 2. The van der Waals surface area contributed by atoms with Crippen LogP contribution in [0.25, 0.3) is 0 Å². The van der Waals surface area contributed by atoms with E-state index in [9.17, 15) is 9.18 Å². The van der Waals surface area contributed by atoms with E-state index in [1.165, 1.54) is 18.2 Å². The van der Waals surface area contributed by atoms with Crippen LogP contribution < -0.4 is 5.32 Å². The molecule has 1 aliphatic heterocycles. The van der Waals surface area contributed by atoms with E-state index >= 15 is 0 Å². The molecule has 0 aromatic heterocycles. The summed E-state index contributed by atoms with van der Waals surface area (Å²) in [4.78, 5) is 12.0. The van der Waals surface area contributed by atoms with Gasteiger partial charge in [0.2, 0.25) is 0 Å². The summed E-state index contributed by atoms with van der Waals surface area (Å²) in [6, 6.07) is 4.16. The number of halogens is 1. The summed E-state index contributed by atoms with van der Waals surface area (Å²) in [5.41, 5.74) is 0.524. The molecule has 0 spiro atoms. The second-order valence-corrected chi connectivity index (χ2v) is 4.82. The van der Waals surface area contributed by atoms with Crippen molar-refractivity contribution in [3.05, 3.63) is 35.1 Å². The van der Waals surface area contributed by atoms with Crippen molar-refractivity contribution in [2.45, 2.75) is 25.4 Å². The van der Waals surface area contributed by atoms with Gasteiger partial charge in [-0.05, 0) is 31.0 Å². The average molecular weight is 291 g/mol. The molecule has 1 aromatic rings. The predicted octanol–water partition coefficient (Wildman–Crippen LogP) is 1.47. The number of aliphatic hydroxyl groups is 1. The van der Waals surface area contributed by atoms with Crippen LogP contribution in [0.4, 0.5) is 4.39 Å². The molecule has 1 atom stereocenters. The maximum absolute atomic E-state index is 13.7. The molecule has 4 nitrogen and oxygen atoms in total. The summed E-state index contributed by atoms with van der Waals surface area (Å²) in [5, 5.41) is 11.4. The third-order valence-corrected chi connectivity index (χ3v) is 3.19. The van der Waals surface area contributed by atoms with Crippen LogP contribution in [0.3, 0.4) is 0 Å². The summed E-state index contributed by atoms with van der Waals surface area (Å²) >= 11 is 0. The van der Waals surface area contributed by atoms with Crippen LogP contribution in [0.2, 0.25) is 0 Å². The molecule has 1 heterocycles. The Labute approximate surface area is 123 Å². The van der Waals surface area contributed by atoms with Crippen LogP contribution in [0.15, 0.2) is 18.2 Å². The van der Waals surface area contributed by atoms with Gasteiger partial charge in [-0.25, -0.2) is 4.39 Å². The Morgan fingerprint density at radius 2 is 2.38 bits per heavy atom. The third-order valence-electron chi connectivity index (χ3n) is 3.19. The third kappa shape index (κ3) is 4.55. The van der Waals surface area contributed by atoms with Crippen LogP contribution in [0.5, 0.6) is 0 Å². The summed E-state index contributed by atoms with van der Waals surface area (Å²) in [6.07, 6.45) is 2.27. The highest BCUT2D eigenvalue weighted by Crippen LogP contribution is 2.13. The maximum Gasteiger partial charge on any atom is 0.254 e. The zero-order chi connectivity index (χ0) is 15.1. The molecule has 21 heavy (non-hydrogen) atoms. The smallest absolute Gasteiger partial charge is 0.254 e. The van der Waals surface area contributed by atoms with Crippen molar-refractivity contribution in [1.29, 1.82) is 0 Å². The van der Waals surface area contributed by atoms with Gasteiger partial charge in [0.05, 0.1) is 18.3 Å². The van der Waals surface area contributed by atoms with Crippen molar-refractivity contribution in [3.8, 4) is 11.8 Å². The average Bonchev–Trinajstić information content (AvgIpc) is 3.00. The lowest BCUT2D eigenvalue weighted by atomic mass is 10.1. The highest BCUT2D eigenvalue weighted by atomic mass is 19.1. The van der Waals surface area contributed by atoms with Gasteiger partial charge in [0.15, 0.2) is 0 Å². The lowest BCUT2D eigenvalue weighted by Crippen LogP contribution is -2.32. The van der Waals surface area contributed by atoms with Gasteiger partial charge in [0.25, 0.3) is 5.91 Å². The maximum atomic E-state index is 13.7. The van der Waals surface area contributed by atoms with Crippen molar-refractivity contribution < 1.29 is 19.0 Å². The first-order valence-corrected chi connectivity index (χ1v) is 7.00. The van der Waals surface area contributed by atoms with E-state index < -0.39 is 11.7 Å². The van der Waals surface area contributed by atoms with E-state index in [1.807, 2.05) is 0 Å². The minimum absolute atomic E-state index is 0.0181. The van der Waals surface area contributed by atoms with Crippen molar-refractivity contribution in [2.75, 3.05) is 19.8 Å². The molecule has 1 aliphatic rings. The fourth-order valence-corrected chi connectivity index (χ4v) is 2.10. The topological polar surface area (TPSA) is 58.6 Å². The molecular formula is C16H18FNO3. The number of benzene rings is 1. The van der Waals surface area contributed by atoms with Crippen molar-refractivity contribution in [3.63, 3.8) is 0 Å². The number of amides is 1. The molecule has 0 radical (unpaired) electrons. The zero-order valence-electron chi connectivity index (χ0n) is 11.7. The van der Waals surface area contributed by atoms with E-state index in [1.54, 1.807) is 0 Å². The second-order valence-electron chi connectivity index (χ2n) is 4.82. The van der Waals surface area contributed by atoms with Gasteiger partial charge in [-0.15, -0.1) is 0 Å². The Kier molecular flexibility index (Phi) is 5.73. The van der Waals surface area contributed by atoms with Gasteiger partial charge < -0.3 is 15.2 Å². The van der Waals surface area contributed by atoms with E-state index in [-0.39, 0.29) is 18.3 Å². The van der Waals surface area contributed by atoms with E-state index in [2.05, 4.69) is 17.2 Å². The SMILES string of the molecule is O=C(NCC1CCCO1)c1cc(C#CCCO)ccc1F. The summed E-state index contributed by atoms with van der Waals surface area (Å²) in [7, 11) is 0. The predicted molar refractivity (Wildman–Crippen MR) is 76.3 cm³/mol. The van der Waals surface area contributed by atoms with Crippen LogP contribution >= 0.6 is 0 Å². The Morgan fingerprint density at radius 3 is 3.10 bits per heavy atom. The van der Waals surface area contributed by atoms with Gasteiger partial charge in [-0.2, -0.15) is 0 Å². The summed E-state index contributed by atoms with van der Waals surface area (Å²) < 4.78 is 19.1. The minimum Gasteiger partial charge on any atom is -0.395 e. The van der Waals surface area contributed by atoms with E-state index in [0.29, 0.717) is 25.1 Å². The van der Waals surface area contributed by atoms with Crippen molar-refractivity contribution >= 4 is 5.91 Å². The standard InChI is InChI=1S/C16H18FNO3/c17-15-7-6-12(4-1-2-8-19)10-14(15)16(20)18-11-13-5-3-9-21-13/h6-7,10,13,19H,2-3,5,8-9,11H2,(H,18,20). The fraction of sp³-hybridized carbons (Fsp3) is 0.438. The second kappa shape index (κ2) is 7.77. The molecule has 1 saturated heterocycles. The lowest BCUT2D eigenvalue weighted by molar-refractivity contribution is 0.0854. The van der Waals surface area contributed by atoms with Crippen LogP contribution in [-0.2, 0) is 4.74 Å². The first-order valence-electron chi connectivity index (χ1n) is 7.00. The summed E-state index contributed by atoms with van der Waals surface area (Å²) in [5.74, 6) is 4.48. The number of nitrogens with one attached hydrogen (secondary N) is 1. The van der Waals surface area contributed by atoms with Gasteiger partial charge in [0, 0.05) is 25.1 Å². The van der Waals surface area contributed by atoms with Crippen LogP contribution in [0.1, 0.15) is 35.2 Å². The van der Waals surface area contributed by atoms with Crippen molar-refractivity contribution in [2.24, 2.45) is 0 Å². The molecule has 2 N–H and O–H groups in total. The first-order chi connectivity index (χ1) is 10.2. The molecule has 1 amide bonds. The Balaban J connectivity index is 2.01. The molecule has 1 unspecified atom stereocenters. The molecular weight excluding hydrogens is 273 g/mol. The number of carbonyl (C=O) groups is 1. The van der Waals surface area contributed by atoms with Crippen LogP contribution in [-0.4, -0.2) is 36.9 Å². The number of hydrogen-bond acceptors (Lipinski definition) is 3. The normalized spacial score (nSPS) is 17.1. The number of carbonyl (C=O) groups excluding carboxylic acids is 1. The largest absolute Gasteiger partial charge is 0.395 e. The van der Waals surface area contributed by atoms with E-state index in [4.69, 9.17) is 9.84 Å². The molecule has 1 aromatic carbocycles. The highest BCUT2D eigenvalue weighted by molar-refractivity contribution is 5.94.